The van der Waals surface area contributed by atoms with Crippen LogP contribution in [-0.2, 0) is 10.0 Å². The van der Waals surface area contributed by atoms with Crippen LogP contribution >= 0.6 is 0 Å². The van der Waals surface area contributed by atoms with Gasteiger partial charge in [-0.05, 0) is 49.2 Å². The van der Waals surface area contributed by atoms with Crippen molar-refractivity contribution in [2.24, 2.45) is 0 Å². The minimum Gasteiger partial charge on any atom is -0.337 e. The van der Waals surface area contributed by atoms with Crippen molar-refractivity contribution in [2.75, 3.05) is 26.2 Å². The number of carbonyl (C=O) groups excluding carboxylic acids is 1. The Balaban J connectivity index is 1.78. The molecule has 5 nitrogen and oxygen atoms in total. The maximum Gasteiger partial charge on any atom is 0.256 e. The van der Waals surface area contributed by atoms with Gasteiger partial charge >= 0.3 is 0 Å². The molecule has 2 aromatic carbocycles. The van der Waals surface area contributed by atoms with Crippen molar-refractivity contribution >= 4 is 15.9 Å². The quantitative estimate of drug-likeness (QED) is 0.804. The van der Waals surface area contributed by atoms with E-state index in [2.05, 4.69) is 0 Å². The van der Waals surface area contributed by atoms with Crippen molar-refractivity contribution in [1.82, 2.24) is 9.21 Å². The van der Waals surface area contributed by atoms with Crippen LogP contribution in [0, 0.1) is 18.6 Å². The van der Waals surface area contributed by atoms with Crippen LogP contribution in [0.15, 0.2) is 47.4 Å². The van der Waals surface area contributed by atoms with E-state index in [9.17, 15) is 22.0 Å². The highest BCUT2D eigenvalue weighted by Gasteiger charge is 2.30. The average Bonchev–Trinajstić information content (AvgIpc) is 2.88. The van der Waals surface area contributed by atoms with Gasteiger partial charge in [0.2, 0.25) is 10.0 Å². The molecule has 3 rings (SSSR count). The molecular formula is C19H20F2N2O3S. The highest BCUT2D eigenvalue weighted by atomic mass is 32.2. The number of rotatable bonds is 3. The summed E-state index contributed by atoms with van der Waals surface area (Å²) in [5.74, 6) is -1.55. The minimum absolute atomic E-state index is 0.0248. The third-order valence-electron chi connectivity index (χ3n) is 4.60. The Bertz CT molecular complexity index is 963. The van der Waals surface area contributed by atoms with E-state index in [1.165, 1.54) is 39.5 Å². The summed E-state index contributed by atoms with van der Waals surface area (Å²) in [6, 6.07) is 9.28. The van der Waals surface area contributed by atoms with Gasteiger partial charge in [-0.1, -0.05) is 12.1 Å². The van der Waals surface area contributed by atoms with Crippen molar-refractivity contribution in [1.29, 1.82) is 0 Å². The fourth-order valence-corrected chi connectivity index (χ4v) is 4.86. The van der Waals surface area contributed by atoms with Gasteiger partial charge in [0, 0.05) is 26.2 Å². The molecule has 0 N–H and O–H groups in total. The van der Waals surface area contributed by atoms with Crippen LogP contribution in [0.1, 0.15) is 22.3 Å². The number of hydrogen-bond acceptors (Lipinski definition) is 3. The standard InChI is InChI=1S/C19H20F2N2O3S/c1-14-13-15(20)7-8-18(14)27(25,26)23-10-4-9-22(11-12-23)19(24)16-5-2-3-6-17(16)21/h2-3,5-8,13H,4,9-12H2,1H3. The molecule has 1 heterocycles. The molecule has 0 spiro atoms. The normalized spacial score (nSPS) is 16.2. The fourth-order valence-electron chi connectivity index (χ4n) is 3.18. The van der Waals surface area contributed by atoms with Crippen molar-refractivity contribution < 1.29 is 22.0 Å². The largest absolute Gasteiger partial charge is 0.337 e. The van der Waals surface area contributed by atoms with E-state index in [0.717, 1.165) is 6.07 Å². The van der Waals surface area contributed by atoms with E-state index in [1.807, 2.05) is 0 Å². The van der Waals surface area contributed by atoms with Gasteiger partial charge in [0.25, 0.3) is 5.91 Å². The summed E-state index contributed by atoms with van der Waals surface area (Å²) in [6.07, 6.45) is 0.430. The zero-order chi connectivity index (χ0) is 19.6. The molecular weight excluding hydrogens is 374 g/mol. The summed E-state index contributed by atoms with van der Waals surface area (Å²) in [5.41, 5.74) is 0.307. The fraction of sp³-hybridized carbons (Fsp3) is 0.316. The van der Waals surface area contributed by atoms with E-state index in [1.54, 1.807) is 13.0 Å². The van der Waals surface area contributed by atoms with Gasteiger partial charge < -0.3 is 4.90 Å². The third-order valence-corrected chi connectivity index (χ3v) is 6.66. The van der Waals surface area contributed by atoms with Crippen molar-refractivity contribution in [3.05, 3.63) is 65.2 Å². The zero-order valence-corrected chi connectivity index (χ0v) is 15.7. The van der Waals surface area contributed by atoms with Gasteiger partial charge in [-0.2, -0.15) is 4.31 Å². The molecule has 1 amide bonds. The number of nitrogens with zero attached hydrogens (tertiary/aromatic N) is 2. The first-order valence-electron chi connectivity index (χ1n) is 8.61. The smallest absolute Gasteiger partial charge is 0.256 e. The van der Waals surface area contributed by atoms with Crippen LogP contribution in [0.3, 0.4) is 0 Å². The highest BCUT2D eigenvalue weighted by Crippen LogP contribution is 2.22. The lowest BCUT2D eigenvalue weighted by molar-refractivity contribution is 0.0759. The SMILES string of the molecule is Cc1cc(F)ccc1S(=O)(=O)N1CCCN(C(=O)c2ccccc2F)CC1. The first-order valence-corrected chi connectivity index (χ1v) is 10.0. The van der Waals surface area contributed by atoms with E-state index >= 15 is 0 Å². The van der Waals surface area contributed by atoms with E-state index in [4.69, 9.17) is 0 Å². The Hall–Kier alpha value is -2.32. The number of carbonyl (C=O) groups is 1. The molecule has 0 radical (unpaired) electrons. The number of aryl methyl sites for hydroxylation is 1. The molecule has 0 saturated carbocycles. The maximum atomic E-state index is 13.9. The lowest BCUT2D eigenvalue weighted by Gasteiger charge is -2.22. The number of amides is 1. The molecule has 0 aromatic heterocycles. The number of halogens is 2. The van der Waals surface area contributed by atoms with Gasteiger partial charge in [0.1, 0.15) is 11.6 Å². The van der Waals surface area contributed by atoms with Crippen LogP contribution in [0.25, 0.3) is 0 Å². The highest BCUT2D eigenvalue weighted by molar-refractivity contribution is 7.89. The summed E-state index contributed by atoms with van der Waals surface area (Å²) in [6.45, 7) is 2.37. The van der Waals surface area contributed by atoms with Crippen LogP contribution < -0.4 is 0 Å². The molecule has 144 valence electrons. The van der Waals surface area contributed by atoms with Crippen LogP contribution in [0.2, 0.25) is 0 Å². The second-order valence-corrected chi connectivity index (χ2v) is 8.35. The molecule has 8 heteroatoms. The van der Waals surface area contributed by atoms with Gasteiger partial charge in [0.15, 0.2) is 0 Å². The second-order valence-electron chi connectivity index (χ2n) is 6.44. The summed E-state index contributed by atoms with van der Waals surface area (Å²) >= 11 is 0. The maximum absolute atomic E-state index is 13.9. The molecule has 0 atom stereocenters. The first-order chi connectivity index (χ1) is 12.8. The van der Waals surface area contributed by atoms with Crippen LogP contribution in [0.4, 0.5) is 8.78 Å². The van der Waals surface area contributed by atoms with Crippen LogP contribution in [-0.4, -0.2) is 49.7 Å². The molecule has 1 fully saturated rings. The summed E-state index contributed by atoms with van der Waals surface area (Å²) in [7, 11) is -3.80. The molecule has 1 aliphatic heterocycles. The Morgan fingerprint density at radius 2 is 1.74 bits per heavy atom. The Kier molecular flexibility index (Phi) is 5.57. The number of sulfonamides is 1. The Labute approximate surface area is 157 Å². The summed E-state index contributed by atoms with van der Waals surface area (Å²) < 4.78 is 54.3. The molecule has 27 heavy (non-hydrogen) atoms. The Morgan fingerprint density at radius 3 is 2.44 bits per heavy atom. The van der Waals surface area contributed by atoms with Crippen molar-refractivity contribution in [3.63, 3.8) is 0 Å². The molecule has 1 saturated heterocycles. The average molecular weight is 394 g/mol. The first kappa shape index (κ1) is 19.4. The predicted molar refractivity (Wildman–Crippen MR) is 96.8 cm³/mol. The van der Waals surface area contributed by atoms with Gasteiger partial charge in [-0.15, -0.1) is 0 Å². The van der Waals surface area contributed by atoms with E-state index in [0.29, 0.717) is 18.5 Å². The molecule has 1 aliphatic rings. The lowest BCUT2D eigenvalue weighted by atomic mass is 10.2. The van der Waals surface area contributed by atoms with E-state index in [-0.39, 0.29) is 30.1 Å². The lowest BCUT2D eigenvalue weighted by Crippen LogP contribution is -2.37. The van der Waals surface area contributed by atoms with Gasteiger partial charge in [-0.3, -0.25) is 4.79 Å². The van der Waals surface area contributed by atoms with Crippen LogP contribution in [0.5, 0.6) is 0 Å². The molecule has 2 aromatic rings. The third kappa shape index (κ3) is 4.01. The van der Waals surface area contributed by atoms with Gasteiger partial charge in [-0.25, -0.2) is 17.2 Å². The second kappa shape index (κ2) is 7.74. The van der Waals surface area contributed by atoms with E-state index < -0.39 is 27.6 Å². The minimum atomic E-state index is -3.80. The van der Waals surface area contributed by atoms with Crippen molar-refractivity contribution in [2.45, 2.75) is 18.2 Å². The topological polar surface area (TPSA) is 57.7 Å². The summed E-state index contributed by atoms with van der Waals surface area (Å²) in [5, 5.41) is 0. The Morgan fingerprint density at radius 1 is 1.00 bits per heavy atom. The number of benzene rings is 2. The van der Waals surface area contributed by atoms with Gasteiger partial charge in [0.05, 0.1) is 10.5 Å². The molecule has 0 aliphatic carbocycles. The summed E-state index contributed by atoms with van der Waals surface area (Å²) in [4.78, 5) is 14.1. The predicted octanol–water partition coefficient (Wildman–Crippen LogP) is 2.81. The molecule has 0 bridgehead atoms. The zero-order valence-electron chi connectivity index (χ0n) is 14.9. The monoisotopic (exact) mass is 394 g/mol. The number of hydrogen-bond donors (Lipinski definition) is 0. The van der Waals surface area contributed by atoms with Crippen molar-refractivity contribution in [3.8, 4) is 0 Å². The molecule has 0 unspecified atom stereocenters.